The summed E-state index contributed by atoms with van der Waals surface area (Å²) in [6, 6.07) is 0. The zero-order chi connectivity index (χ0) is 26.3. The second-order valence-electron chi connectivity index (χ2n) is 9.51. The van der Waals surface area contributed by atoms with Gasteiger partial charge in [-0.1, -0.05) is 65.2 Å². The van der Waals surface area contributed by atoms with E-state index < -0.39 is 0 Å². The zero-order valence-electron chi connectivity index (χ0n) is 23.0. The summed E-state index contributed by atoms with van der Waals surface area (Å²) in [6.07, 6.45) is 13.0. The maximum atomic E-state index is 12.1. The Morgan fingerprint density at radius 2 is 0.886 bits per heavy atom. The fourth-order valence-electron chi connectivity index (χ4n) is 3.70. The summed E-state index contributed by atoms with van der Waals surface area (Å²) in [6.45, 7) is 6.73. The highest BCUT2D eigenvalue weighted by Crippen LogP contribution is 2.06. The lowest BCUT2D eigenvalue weighted by atomic mass is 10.1. The summed E-state index contributed by atoms with van der Waals surface area (Å²) in [4.78, 5) is 51.6. The van der Waals surface area contributed by atoms with Crippen LogP contribution in [0.25, 0.3) is 0 Å². The maximum absolute atomic E-state index is 12.1. The Hall–Kier alpha value is -2.12. The lowest BCUT2D eigenvalue weighted by Gasteiger charge is -2.17. The first kappa shape index (κ1) is 32.9. The van der Waals surface area contributed by atoms with E-state index in [1.165, 1.54) is 38.5 Å². The van der Waals surface area contributed by atoms with Crippen LogP contribution in [0, 0.1) is 0 Å². The monoisotopic (exact) mass is 496 g/mol. The van der Waals surface area contributed by atoms with E-state index in [1.807, 2.05) is 0 Å². The second kappa shape index (κ2) is 22.4. The van der Waals surface area contributed by atoms with Crippen molar-refractivity contribution in [2.24, 2.45) is 0 Å². The standard InChI is InChI=1S/C27H52N4O4/c1-5-7-9-11-13-22-30(3)26(34)18-16-24(32)28-20-15-21-29-25(33)17-19-27(35)31(4)23-14-12-10-8-6-2/h5-23H2,1-4H3,(H,28,32)(H,29,33). The first-order valence-corrected chi connectivity index (χ1v) is 13.8. The van der Waals surface area contributed by atoms with Crippen LogP contribution < -0.4 is 10.6 Å². The lowest BCUT2D eigenvalue weighted by Crippen LogP contribution is -2.32. The van der Waals surface area contributed by atoms with Crippen LogP contribution in [-0.2, 0) is 19.2 Å². The summed E-state index contributed by atoms with van der Waals surface area (Å²) >= 11 is 0. The normalized spacial score (nSPS) is 10.6. The summed E-state index contributed by atoms with van der Waals surface area (Å²) in [5.74, 6) is -0.298. The van der Waals surface area contributed by atoms with Gasteiger partial charge in [-0.15, -0.1) is 0 Å². The molecule has 0 aromatic heterocycles. The van der Waals surface area contributed by atoms with Crippen molar-refractivity contribution in [1.29, 1.82) is 0 Å². The van der Waals surface area contributed by atoms with Gasteiger partial charge < -0.3 is 20.4 Å². The highest BCUT2D eigenvalue weighted by molar-refractivity contribution is 5.84. The largest absolute Gasteiger partial charge is 0.356 e. The van der Waals surface area contributed by atoms with Crippen LogP contribution in [0.3, 0.4) is 0 Å². The van der Waals surface area contributed by atoms with Gasteiger partial charge in [0.05, 0.1) is 0 Å². The minimum atomic E-state index is -0.149. The number of amides is 4. The van der Waals surface area contributed by atoms with Gasteiger partial charge in [0.25, 0.3) is 0 Å². The summed E-state index contributed by atoms with van der Waals surface area (Å²) in [5, 5.41) is 5.59. The molecule has 0 aliphatic heterocycles. The van der Waals surface area contributed by atoms with Crippen LogP contribution >= 0.6 is 0 Å². The van der Waals surface area contributed by atoms with Gasteiger partial charge in [0.15, 0.2) is 0 Å². The molecule has 35 heavy (non-hydrogen) atoms. The van der Waals surface area contributed by atoms with E-state index in [2.05, 4.69) is 24.5 Å². The van der Waals surface area contributed by atoms with Gasteiger partial charge >= 0.3 is 0 Å². The fourth-order valence-corrected chi connectivity index (χ4v) is 3.70. The summed E-state index contributed by atoms with van der Waals surface area (Å²) in [7, 11) is 3.59. The van der Waals surface area contributed by atoms with Crippen LogP contribution in [-0.4, -0.2) is 73.7 Å². The number of nitrogens with zero attached hydrogens (tertiary/aromatic N) is 2. The van der Waals surface area contributed by atoms with E-state index in [4.69, 9.17) is 0 Å². The van der Waals surface area contributed by atoms with E-state index in [0.717, 1.165) is 38.8 Å². The summed E-state index contributed by atoms with van der Waals surface area (Å²) in [5.41, 5.74) is 0. The van der Waals surface area contributed by atoms with E-state index in [9.17, 15) is 19.2 Å². The third-order valence-electron chi connectivity index (χ3n) is 6.18. The van der Waals surface area contributed by atoms with Crippen molar-refractivity contribution < 1.29 is 19.2 Å². The smallest absolute Gasteiger partial charge is 0.222 e. The molecule has 0 spiro atoms. The van der Waals surface area contributed by atoms with Crippen molar-refractivity contribution in [3.05, 3.63) is 0 Å². The molecule has 0 heterocycles. The molecule has 0 radical (unpaired) electrons. The predicted molar refractivity (Wildman–Crippen MR) is 142 cm³/mol. The Morgan fingerprint density at radius 1 is 0.514 bits per heavy atom. The average molecular weight is 497 g/mol. The van der Waals surface area contributed by atoms with Crippen molar-refractivity contribution >= 4 is 23.6 Å². The molecule has 0 bridgehead atoms. The number of nitrogens with one attached hydrogen (secondary N) is 2. The third kappa shape index (κ3) is 19.8. The van der Waals surface area contributed by atoms with Crippen LogP contribution in [0.2, 0.25) is 0 Å². The molecule has 0 unspecified atom stereocenters. The van der Waals surface area contributed by atoms with Gasteiger partial charge in [0, 0.05) is 66.0 Å². The molecule has 2 N–H and O–H groups in total. The molecule has 0 aliphatic carbocycles. The third-order valence-corrected chi connectivity index (χ3v) is 6.18. The Balaban J connectivity index is 3.74. The molecule has 0 aliphatic rings. The second-order valence-corrected chi connectivity index (χ2v) is 9.51. The number of hydrogen-bond acceptors (Lipinski definition) is 4. The molecule has 0 saturated heterocycles. The molecule has 8 heteroatoms. The Morgan fingerprint density at radius 3 is 1.26 bits per heavy atom. The van der Waals surface area contributed by atoms with E-state index in [0.29, 0.717) is 19.5 Å². The van der Waals surface area contributed by atoms with Gasteiger partial charge in [0.2, 0.25) is 23.6 Å². The van der Waals surface area contributed by atoms with Crippen molar-refractivity contribution in [1.82, 2.24) is 20.4 Å². The van der Waals surface area contributed by atoms with Crippen molar-refractivity contribution in [2.45, 2.75) is 110 Å². The first-order valence-electron chi connectivity index (χ1n) is 13.8. The van der Waals surface area contributed by atoms with Gasteiger partial charge in [-0.05, 0) is 19.3 Å². The minimum absolute atomic E-state index is 0.000380. The van der Waals surface area contributed by atoms with Crippen LogP contribution in [0.5, 0.6) is 0 Å². The molecular formula is C27H52N4O4. The zero-order valence-corrected chi connectivity index (χ0v) is 23.0. The van der Waals surface area contributed by atoms with E-state index >= 15 is 0 Å². The topological polar surface area (TPSA) is 98.8 Å². The predicted octanol–water partition coefficient (Wildman–Crippen LogP) is 4.03. The number of carbonyl (C=O) groups excluding carboxylic acids is 4. The van der Waals surface area contributed by atoms with Gasteiger partial charge in [0.1, 0.15) is 0 Å². The van der Waals surface area contributed by atoms with Gasteiger partial charge in [-0.2, -0.15) is 0 Å². The molecule has 0 rings (SSSR count). The quantitative estimate of drug-likeness (QED) is 0.221. The van der Waals surface area contributed by atoms with Crippen molar-refractivity contribution in [2.75, 3.05) is 40.3 Å². The molecule has 0 saturated carbocycles. The Bertz CT molecular complexity index is 548. The Labute approximate surface area is 213 Å². The molecule has 0 fully saturated rings. The van der Waals surface area contributed by atoms with Crippen LogP contribution in [0.4, 0.5) is 0 Å². The first-order chi connectivity index (χ1) is 16.8. The average Bonchev–Trinajstić information content (AvgIpc) is 2.84. The molecule has 204 valence electrons. The molecule has 0 atom stereocenters. The lowest BCUT2D eigenvalue weighted by molar-refractivity contribution is -0.132. The molecule has 0 aromatic carbocycles. The number of rotatable bonds is 22. The van der Waals surface area contributed by atoms with E-state index in [-0.39, 0.29) is 49.3 Å². The van der Waals surface area contributed by atoms with E-state index in [1.54, 1.807) is 23.9 Å². The number of hydrogen-bond donors (Lipinski definition) is 2. The van der Waals surface area contributed by atoms with Crippen LogP contribution in [0.1, 0.15) is 110 Å². The minimum Gasteiger partial charge on any atom is -0.356 e. The maximum Gasteiger partial charge on any atom is 0.222 e. The van der Waals surface area contributed by atoms with Gasteiger partial charge in [-0.25, -0.2) is 0 Å². The number of carbonyl (C=O) groups is 4. The molecule has 4 amide bonds. The van der Waals surface area contributed by atoms with Gasteiger partial charge in [-0.3, -0.25) is 19.2 Å². The highest BCUT2D eigenvalue weighted by Gasteiger charge is 2.12. The van der Waals surface area contributed by atoms with Crippen molar-refractivity contribution in [3.63, 3.8) is 0 Å². The number of unbranched alkanes of at least 4 members (excludes halogenated alkanes) is 8. The fraction of sp³-hybridized carbons (Fsp3) is 0.852. The van der Waals surface area contributed by atoms with Crippen LogP contribution in [0.15, 0.2) is 0 Å². The molecule has 8 nitrogen and oxygen atoms in total. The highest BCUT2D eigenvalue weighted by atomic mass is 16.2. The SMILES string of the molecule is CCCCCCCN(C)C(=O)CCC(=O)NCCCNC(=O)CCC(=O)N(C)CCCCCCC. The molecule has 0 aromatic rings. The van der Waals surface area contributed by atoms with Crippen molar-refractivity contribution in [3.8, 4) is 0 Å². The molecular weight excluding hydrogens is 444 g/mol. The summed E-state index contributed by atoms with van der Waals surface area (Å²) < 4.78 is 0. The Kier molecular flexibility index (Phi) is 21.0.